The molecule has 0 unspecified atom stereocenters. The lowest BCUT2D eigenvalue weighted by atomic mass is 10.4. The van der Waals surface area contributed by atoms with Gasteiger partial charge < -0.3 is 14.2 Å². The Bertz CT molecular complexity index is 801. The van der Waals surface area contributed by atoms with Gasteiger partial charge in [-0.05, 0) is 25.8 Å². The van der Waals surface area contributed by atoms with Crippen LogP contribution in [-0.2, 0) is 10.0 Å². The van der Waals surface area contributed by atoms with Crippen molar-refractivity contribution in [3.8, 4) is 0 Å². The summed E-state index contributed by atoms with van der Waals surface area (Å²) in [5.74, 6) is -1.16. The van der Waals surface area contributed by atoms with Gasteiger partial charge in [0.1, 0.15) is 10.6 Å². The van der Waals surface area contributed by atoms with Crippen molar-refractivity contribution in [2.45, 2.75) is 30.7 Å². The molecule has 2 aromatic rings. The smallest absolute Gasteiger partial charge is 0.352 e. The summed E-state index contributed by atoms with van der Waals surface area (Å²) in [4.78, 5) is 11.1. The zero-order valence-corrected chi connectivity index (χ0v) is 11.9. The van der Waals surface area contributed by atoms with Crippen molar-refractivity contribution >= 4 is 21.9 Å². The van der Waals surface area contributed by atoms with Crippen LogP contribution in [0.1, 0.15) is 35.1 Å². The van der Waals surface area contributed by atoms with Crippen LogP contribution in [0.2, 0.25) is 0 Å². The second-order valence-corrected chi connectivity index (χ2v) is 6.63. The van der Waals surface area contributed by atoms with E-state index in [0.717, 1.165) is 18.9 Å². The first-order chi connectivity index (χ1) is 9.87. The highest BCUT2D eigenvalue weighted by molar-refractivity contribution is 7.92. The maximum atomic E-state index is 12.2. The fraction of sp³-hybridized carbons (Fsp3) is 0.333. The van der Waals surface area contributed by atoms with Crippen molar-refractivity contribution in [3.63, 3.8) is 0 Å². The molecule has 1 aliphatic rings. The summed E-state index contributed by atoms with van der Waals surface area (Å²) in [6.07, 6.45) is 3.04. The van der Waals surface area contributed by atoms with Crippen molar-refractivity contribution in [2.75, 3.05) is 4.72 Å². The van der Waals surface area contributed by atoms with E-state index in [-0.39, 0.29) is 22.5 Å². The van der Waals surface area contributed by atoms with Crippen LogP contribution in [0.4, 0.5) is 5.88 Å². The minimum atomic E-state index is -3.91. The number of carboxylic acids is 1. The molecule has 0 bridgehead atoms. The van der Waals surface area contributed by atoms with Gasteiger partial charge in [0.2, 0.25) is 5.88 Å². The van der Waals surface area contributed by atoms with Crippen LogP contribution >= 0.6 is 0 Å². The van der Waals surface area contributed by atoms with E-state index in [1.54, 1.807) is 6.92 Å². The lowest BCUT2D eigenvalue weighted by molar-refractivity contribution is 0.0685. The lowest BCUT2D eigenvalue weighted by Gasteiger charge is -2.02. The fourth-order valence-corrected chi connectivity index (χ4v) is 3.03. The molecule has 0 amide bonds. The number of nitrogens with zero attached hydrogens (tertiary/aromatic N) is 2. The lowest BCUT2D eigenvalue weighted by Crippen LogP contribution is -2.11. The van der Waals surface area contributed by atoms with Crippen molar-refractivity contribution in [2.24, 2.45) is 0 Å². The SMILES string of the molecule is Cc1cc(NS(=O)(=O)c2cc(C(=O)O)n(C3CC3)c2)on1. The largest absolute Gasteiger partial charge is 0.477 e. The van der Waals surface area contributed by atoms with Gasteiger partial charge in [-0.2, -0.15) is 0 Å². The van der Waals surface area contributed by atoms with Crippen LogP contribution in [0.15, 0.2) is 27.7 Å². The van der Waals surface area contributed by atoms with E-state index < -0.39 is 16.0 Å². The van der Waals surface area contributed by atoms with Gasteiger partial charge in [-0.15, -0.1) is 0 Å². The second-order valence-electron chi connectivity index (χ2n) is 4.94. The third-order valence-corrected chi connectivity index (χ3v) is 4.47. The van der Waals surface area contributed by atoms with E-state index in [0.29, 0.717) is 5.69 Å². The van der Waals surface area contributed by atoms with E-state index in [4.69, 9.17) is 9.63 Å². The molecule has 1 saturated carbocycles. The van der Waals surface area contributed by atoms with Gasteiger partial charge >= 0.3 is 5.97 Å². The first-order valence-corrected chi connectivity index (χ1v) is 7.76. The van der Waals surface area contributed by atoms with Crippen LogP contribution in [0, 0.1) is 6.92 Å². The van der Waals surface area contributed by atoms with Gasteiger partial charge in [0, 0.05) is 18.3 Å². The minimum absolute atomic E-state index is 0.0106. The molecule has 0 aromatic carbocycles. The Morgan fingerprint density at radius 1 is 1.48 bits per heavy atom. The Balaban J connectivity index is 1.95. The molecule has 3 rings (SSSR count). The summed E-state index contributed by atoms with van der Waals surface area (Å²) < 4.78 is 33.0. The number of aryl methyl sites for hydroxylation is 1. The van der Waals surface area contributed by atoms with Crippen molar-refractivity contribution in [1.29, 1.82) is 0 Å². The summed E-state index contributed by atoms with van der Waals surface area (Å²) >= 11 is 0. The molecule has 1 aliphatic carbocycles. The average Bonchev–Trinajstić information content (AvgIpc) is 2.99. The highest BCUT2D eigenvalue weighted by Crippen LogP contribution is 2.37. The predicted molar refractivity (Wildman–Crippen MR) is 71.7 cm³/mol. The average molecular weight is 311 g/mol. The number of nitrogens with one attached hydrogen (secondary N) is 1. The van der Waals surface area contributed by atoms with Crippen molar-refractivity contribution in [1.82, 2.24) is 9.72 Å². The van der Waals surface area contributed by atoms with Crippen LogP contribution < -0.4 is 4.72 Å². The minimum Gasteiger partial charge on any atom is -0.477 e. The van der Waals surface area contributed by atoms with Gasteiger partial charge in [-0.1, -0.05) is 5.16 Å². The maximum Gasteiger partial charge on any atom is 0.352 e. The Morgan fingerprint density at radius 3 is 2.71 bits per heavy atom. The molecular formula is C12H13N3O5S. The number of aromatic carboxylic acids is 1. The monoisotopic (exact) mass is 311 g/mol. The standard InChI is InChI=1S/C12H13N3O5S/c1-7-4-11(20-13-7)14-21(18,19)9-5-10(12(16)17)15(6-9)8-2-3-8/h4-6,8,14H,2-3H2,1H3,(H,16,17). The molecule has 0 aliphatic heterocycles. The Kier molecular flexibility index (Phi) is 3.01. The van der Waals surface area contributed by atoms with E-state index in [9.17, 15) is 13.2 Å². The fourth-order valence-electron chi connectivity index (χ4n) is 2.03. The van der Waals surface area contributed by atoms with E-state index in [2.05, 4.69) is 9.88 Å². The second kappa shape index (κ2) is 4.62. The van der Waals surface area contributed by atoms with Crippen LogP contribution in [0.3, 0.4) is 0 Å². The zero-order chi connectivity index (χ0) is 15.2. The topological polar surface area (TPSA) is 114 Å². The quantitative estimate of drug-likeness (QED) is 0.867. The van der Waals surface area contributed by atoms with Crippen LogP contribution in [0.5, 0.6) is 0 Å². The van der Waals surface area contributed by atoms with Gasteiger partial charge in [0.25, 0.3) is 10.0 Å². The summed E-state index contributed by atoms with van der Waals surface area (Å²) in [7, 11) is -3.91. The third-order valence-electron chi connectivity index (χ3n) is 3.16. The normalized spacial score (nSPS) is 15.1. The zero-order valence-electron chi connectivity index (χ0n) is 11.1. The Morgan fingerprint density at radius 2 is 2.19 bits per heavy atom. The van der Waals surface area contributed by atoms with Crippen molar-refractivity contribution < 1.29 is 22.8 Å². The molecular weight excluding hydrogens is 298 g/mol. The molecule has 9 heteroatoms. The number of hydrogen-bond acceptors (Lipinski definition) is 5. The molecule has 8 nitrogen and oxygen atoms in total. The first-order valence-electron chi connectivity index (χ1n) is 6.28. The van der Waals surface area contributed by atoms with Gasteiger partial charge in [0.15, 0.2) is 0 Å². The summed E-state index contributed by atoms with van der Waals surface area (Å²) in [6, 6.07) is 2.65. The molecule has 2 heterocycles. The van der Waals surface area contributed by atoms with E-state index in [1.165, 1.54) is 16.8 Å². The highest BCUT2D eigenvalue weighted by Gasteiger charge is 2.30. The summed E-state index contributed by atoms with van der Waals surface area (Å²) in [5.41, 5.74) is 0.501. The molecule has 0 atom stereocenters. The number of sulfonamides is 1. The number of aromatic nitrogens is 2. The van der Waals surface area contributed by atoms with Crippen LogP contribution in [-0.4, -0.2) is 29.2 Å². The van der Waals surface area contributed by atoms with E-state index in [1.807, 2.05) is 0 Å². The van der Waals surface area contributed by atoms with Gasteiger partial charge in [-0.25, -0.2) is 17.9 Å². The number of rotatable bonds is 5. The molecule has 1 fully saturated rings. The van der Waals surface area contributed by atoms with E-state index >= 15 is 0 Å². The van der Waals surface area contributed by atoms with Gasteiger partial charge in [-0.3, -0.25) is 0 Å². The molecule has 112 valence electrons. The Labute approximate surface area is 120 Å². The van der Waals surface area contributed by atoms with Gasteiger partial charge in [0.05, 0.1) is 5.69 Å². The third kappa shape index (κ3) is 2.64. The number of anilines is 1. The predicted octanol–water partition coefficient (Wildman–Crippen LogP) is 1.62. The maximum absolute atomic E-state index is 12.2. The Hall–Kier alpha value is -2.29. The van der Waals surface area contributed by atoms with Crippen molar-refractivity contribution in [3.05, 3.63) is 29.7 Å². The molecule has 0 spiro atoms. The van der Waals surface area contributed by atoms with Crippen LogP contribution in [0.25, 0.3) is 0 Å². The highest BCUT2D eigenvalue weighted by atomic mass is 32.2. The molecule has 2 aromatic heterocycles. The molecule has 0 radical (unpaired) electrons. The number of hydrogen-bond donors (Lipinski definition) is 2. The first kappa shape index (κ1) is 13.7. The summed E-state index contributed by atoms with van der Waals surface area (Å²) in [6.45, 7) is 1.66. The molecule has 2 N–H and O–H groups in total. The molecule has 21 heavy (non-hydrogen) atoms. The molecule has 0 saturated heterocycles. The number of carbonyl (C=O) groups is 1. The summed E-state index contributed by atoms with van der Waals surface area (Å²) in [5, 5.41) is 12.7. The number of carboxylic acid groups (broad SMARTS) is 1.